The highest BCUT2D eigenvalue weighted by Gasteiger charge is 2.35. The molecule has 1 amide bonds. The second-order valence-corrected chi connectivity index (χ2v) is 6.91. The monoisotopic (exact) mass is 295 g/mol. The summed E-state index contributed by atoms with van der Waals surface area (Å²) < 4.78 is 0. The molecule has 2 aliphatic rings. The summed E-state index contributed by atoms with van der Waals surface area (Å²) in [6.45, 7) is 2.02. The molecule has 0 bridgehead atoms. The zero-order valence-corrected chi connectivity index (χ0v) is 13.1. The van der Waals surface area contributed by atoms with Crippen molar-refractivity contribution in [2.45, 2.75) is 77.2 Å². The van der Waals surface area contributed by atoms with Crippen molar-refractivity contribution in [3.8, 4) is 0 Å². The lowest BCUT2D eigenvalue weighted by Crippen LogP contribution is -2.42. The number of aliphatic carboxylic acids is 1. The van der Waals surface area contributed by atoms with Gasteiger partial charge in [-0.1, -0.05) is 39.0 Å². The predicted octanol–water partition coefficient (Wildman–Crippen LogP) is 3.35. The number of nitrogens with one attached hydrogen (secondary N) is 1. The fourth-order valence-corrected chi connectivity index (χ4v) is 4.22. The number of carbonyl (C=O) groups excluding carboxylic acids is 1. The van der Waals surface area contributed by atoms with Gasteiger partial charge in [0.2, 0.25) is 5.91 Å². The largest absolute Gasteiger partial charge is 0.481 e. The van der Waals surface area contributed by atoms with E-state index in [0.29, 0.717) is 0 Å². The molecule has 0 aromatic rings. The molecule has 21 heavy (non-hydrogen) atoms. The topological polar surface area (TPSA) is 66.4 Å². The number of carboxylic acids is 1. The van der Waals surface area contributed by atoms with Gasteiger partial charge in [0.15, 0.2) is 0 Å². The smallest absolute Gasteiger partial charge is 0.305 e. The van der Waals surface area contributed by atoms with E-state index in [-0.39, 0.29) is 24.3 Å². The number of rotatable bonds is 6. The van der Waals surface area contributed by atoms with E-state index >= 15 is 0 Å². The van der Waals surface area contributed by atoms with E-state index < -0.39 is 5.97 Å². The van der Waals surface area contributed by atoms with Crippen LogP contribution in [0.3, 0.4) is 0 Å². The summed E-state index contributed by atoms with van der Waals surface area (Å²) in [5.41, 5.74) is 0. The molecule has 0 heterocycles. The molecule has 120 valence electrons. The van der Waals surface area contributed by atoms with Crippen LogP contribution in [0.2, 0.25) is 0 Å². The number of fused-ring (bicyclic) bond motifs is 1. The summed E-state index contributed by atoms with van der Waals surface area (Å²) >= 11 is 0. The van der Waals surface area contributed by atoms with E-state index in [9.17, 15) is 9.59 Å². The van der Waals surface area contributed by atoms with E-state index in [4.69, 9.17) is 5.11 Å². The van der Waals surface area contributed by atoms with Gasteiger partial charge in [-0.2, -0.15) is 0 Å². The van der Waals surface area contributed by atoms with Crippen molar-refractivity contribution in [3.05, 3.63) is 0 Å². The minimum Gasteiger partial charge on any atom is -0.481 e. The highest BCUT2D eigenvalue weighted by molar-refractivity contribution is 5.79. The van der Waals surface area contributed by atoms with Gasteiger partial charge in [-0.3, -0.25) is 9.59 Å². The third-order valence-corrected chi connectivity index (χ3v) is 5.32. The summed E-state index contributed by atoms with van der Waals surface area (Å²) in [6, 6.07) is -0.205. The van der Waals surface area contributed by atoms with Crippen molar-refractivity contribution < 1.29 is 14.7 Å². The van der Waals surface area contributed by atoms with Crippen LogP contribution >= 0.6 is 0 Å². The molecule has 0 radical (unpaired) electrons. The fourth-order valence-electron chi connectivity index (χ4n) is 4.22. The van der Waals surface area contributed by atoms with Gasteiger partial charge in [0.25, 0.3) is 0 Å². The molecule has 4 unspecified atom stereocenters. The Kier molecular flexibility index (Phi) is 6.07. The van der Waals surface area contributed by atoms with E-state index in [2.05, 4.69) is 5.32 Å². The Morgan fingerprint density at radius 1 is 1.14 bits per heavy atom. The molecule has 0 aromatic heterocycles. The van der Waals surface area contributed by atoms with E-state index in [1.807, 2.05) is 6.92 Å². The van der Waals surface area contributed by atoms with Gasteiger partial charge in [0, 0.05) is 12.0 Å². The molecular weight excluding hydrogens is 266 g/mol. The summed E-state index contributed by atoms with van der Waals surface area (Å²) in [6.07, 6.45) is 10.2. The maximum atomic E-state index is 12.4. The Morgan fingerprint density at radius 2 is 1.86 bits per heavy atom. The van der Waals surface area contributed by atoms with Gasteiger partial charge in [-0.25, -0.2) is 0 Å². The molecule has 0 aliphatic heterocycles. The first-order valence-corrected chi connectivity index (χ1v) is 8.62. The lowest BCUT2D eigenvalue weighted by molar-refractivity contribution is -0.138. The number of hydrogen-bond donors (Lipinski definition) is 2. The molecule has 4 heteroatoms. The zero-order valence-electron chi connectivity index (χ0n) is 13.1. The van der Waals surface area contributed by atoms with Crippen LogP contribution in [0, 0.1) is 17.8 Å². The normalized spacial score (nSPS) is 30.2. The van der Waals surface area contributed by atoms with Crippen LogP contribution in [0.1, 0.15) is 71.1 Å². The van der Waals surface area contributed by atoms with Crippen LogP contribution in [-0.2, 0) is 9.59 Å². The van der Waals surface area contributed by atoms with Gasteiger partial charge in [-0.15, -0.1) is 0 Å². The van der Waals surface area contributed by atoms with Crippen molar-refractivity contribution in [2.24, 2.45) is 17.8 Å². The van der Waals surface area contributed by atoms with Crippen LogP contribution in [-0.4, -0.2) is 23.0 Å². The van der Waals surface area contributed by atoms with Crippen molar-refractivity contribution >= 4 is 11.9 Å². The van der Waals surface area contributed by atoms with Gasteiger partial charge >= 0.3 is 5.97 Å². The van der Waals surface area contributed by atoms with Crippen LogP contribution in [0.25, 0.3) is 0 Å². The van der Waals surface area contributed by atoms with Crippen molar-refractivity contribution in [1.29, 1.82) is 0 Å². The Hall–Kier alpha value is -1.06. The first kappa shape index (κ1) is 16.3. The Labute approximate surface area is 127 Å². The van der Waals surface area contributed by atoms with Gasteiger partial charge < -0.3 is 10.4 Å². The molecule has 2 N–H and O–H groups in total. The number of carboxylic acid groups (broad SMARTS) is 1. The molecule has 0 saturated heterocycles. The van der Waals surface area contributed by atoms with E-state index in [1.54, 1.807) is 0 Å². The van der Waals surface area contributed by atoms with Crippen molar-refractivity contribution in [2.75, 3.05) is 0 Å². The molecule has 4 nitrogen and oxygen atoms in total. The van der Waals surface area contributed by atoms with Crippen LogP contribution in [0.15, 0.2) is 0 Å². The van der Waals surface area contributed by atoms with Gasteiger partial charge in [0.1, 0.15) is 0 Å². The minimum atomic E-state index is -0.829. The Bertz CT molecular complexity index is 369. The molecular formula is C17H29NO3. The average molecular weight is 295 g/mol. The number of amides is 1. The van der Waals surface area contributed by atoms with Crippen molar-refractivity contribution in [3.63, 3.8) is 0 Å². The molecule has 2 aliphatic carbocycles. The summed E-state index contributed by atoms with van der Waals surface area (Å²) in [5.74, 6) is 0.946. The van der Waals surface area contributed by atoms with Gasteiger partial charge in [-0.05, 0) is 37.5 Å². The third kappa shape index (κ3) is 4.72. The second-order valence-electron chi connectivity index (χ2n) is 6.91. The number of carbonyl (C=O) groups is 2. The first-order chi connectivity index (χ1) is 10.1. The molecule has 2 saturated carbocycles. The van der Waals surface area contributed by atoms with Crippen molar-refractivity contribution in [1.82, 2.24) is 5.32 Å². The molecule has 0 aromatic carbocycles. The Morgan fingerprint density at radius 3 is 2.52 bits per heavy atom. The fraction of sp³-hybridized carbons (Fsp3) is 0.882. The predicted molar refractivity (Wildman–Crippen MR) is 81.9 cm³/mol. The molecule has 4 atom stereocenters. The maximum Gasteiger partial charge on any atom is 0.305 e. The van der Waals surface area contributed by atoms with E-state index in [0.717, 1.165) is 37.5 Å². The minimum absolute atomic E-state index is 0.0400. The second kappa shape index (κ2) is 7.81. The SMILES string of the molecule is CCCC(CC(=O)O)NC(=O)C1CCC2CCCCC2C1. The first-order valence-electron chi connectivity index (χ1n) is 8.62. The lowest BCUT2D eigenvalue weighted by atomic mass is 9.67. The zero-order chi connectivity index (χ0) is 15.2. The molecule has 0 spiro atoms. The quantitative estimate of drug-likeness (QED) is 0.789. The summed E-state index contributed by atoms with van der Waals surface area (Å²) in [5, 5.41) is 11.9. The highest BCUT2D eigenvalue weighted by Crippen LogP contribution is 2.42. The average Bonchev–Trinajstić information content (AvgIpc) is 2.46. The Balaban J connectivity index is 1.85. The molecule has 2 rings (SSSR count). The standard InChI is InChI=1S/C17H29NO3/c1-2-5-15(11-16(19)20)18-17(21)14-9-8-12-6-3-4-7-13(12)10-14/h12-15H,2-11H2,1H3,(H,18,21)(H,19,20). The van der Waals surface area contributed by atoms with Crippen LogP contribution in [0.4, 0.5) is 0 Å². The molecule has 2 fully saturated rings. The maximum absolute atomic E-state index is 12.4. The van der Waals surface area contributed by atoms with Crippen LogP contribution in [0.5, 0.6) is 0 Å². The highest BCUT2D eigenvalue weighted by atomic mass is 16.4. The summed E-state index contributed by atoms with van der Waals surface area (Å²) in [4.78, 5) is 23.3. The summed E-state index contributed by atoms with van der Waals surface area (Å²) in [7, 11) is 0. The van der Waals surface area contributed by atoms with Crippen LogP contribution < -0.4 is 5.32 Å². The number of hydrogen-bond acceptors (Lipinski definition) is 2. The van der Waals surface area contributed by atoms with Gasteiger partial charge in [0.05, 0.1) is 6.42 Å². The third-order valence-electron chi connectivity index (χ3n) is 5.32. The van der Waals surface area contributed by atoms with E-state index in [1.165, 1.54) is 32.1 Å². The lowest BCUT2D eigenvalue weighted by Gasteiger charge is -2.39.